The minimum absolute atomic E-state index is 0.197. The number of carbonyl (C=O) groups excluding carboxylic acids is 1. The second-order valence-electron chi connectivity index (χ2n) is 7.49. The molecule has 2 saturated heterocycles. The molecule has 0 radical (unpaired) electrons. The van der Waals surface area contributed by atoms with Gasteiger partial charge in [-0.15, -0.1) is 0 Å². The number of hydrogen-bond acceptors (Lipinski definition) is 4. The number of carbonyl (C=O) groups is 1. The van der Waals surface area contributed by atoms with Crippen molar-refractivity contribution in [1.29, 1.82) is 0 Å². The van der Waals surface area contributed by atoms with Crippen LogP contribution in [-0.2, 0) is 11.2 Å². The maximum absolute atomic E-state index is 12.4. The van der Waals surface area contributed by atoms with Gasteiger partial charge in [-0.05, 0) is 68.8 Å². The molecular formula is C21H32N2O3. The van der Waals surface area contributed by atoms with Crippen LogP contribution in [0, 0.1) is 5.92 Å². The Morgan fingerprint density at radius 1 is 1.12 bits per heavy atom. The highest BCUT2D eigenvalue weighted by atomic mass is 16.5. The Bertz CT molecular complexity index is 603. The van der Waals surface area contributed by atoms with Crippen molar-refractivity contribution in [3.63, 3.8) is 0 Å². The van der Waals surface area contributed by atoms with E-state index in [1.54, 1.807) is 14.2 Å². The van der Waals surface area contributed by atoms with Crippen LogP contribution in [0.5, 0.6) is 11.5 Å². The molecule has 0 bridgehead atoms. The normalized spacial score (nSPS) is 23.2. The van der Waals surface area contributed by atoms with E-state index in [9.17, 15) is 4.79 Å². The molecule has 0 spiro atoms. The van der Waals surface area contributed by atoms with Crippen LogP contribution in [0.3, 0.4) is 0 Å². The summed E-state index contributed by atoms with van der Waals surface area (Å²) in [6.45, 7) is 3.11. The molecular weight excluding hydrogens is 328 g/mol. The van der Waals surface area contributed by atoms with E-state index < -0.39 is 0 Å². The van der Waals surface area contributed by atoms with Crippen molar-refractivity contribution in [1.82, 2.24) is 10.2 Å². The highest BCUT2D eigenvalue weighted by molar-refractivity contribution is 5.76. The third-order valence-corrected chi connectivity index (χ3v) is 5.86. The van der Waals surface area contributed by atoms with Gasteiger partial charge in [0, 0.05) is 19.0 Å². The van der Waals surface area contributed by atoms with E-state index in [0.29, 0.717) is 24.9 Å². The first-order valence-electron chi connectivity index (χ1n) is 9.93. The number of nitrogens with one attached hydrogen (secondary N) is 1. The fourth-order valence-corrected chi connectivity index (χ4v) is 4.51. The highest BCUT2D eigenvalue weighted by Gasteiger charge is 2.33. The van der Waals surface area contributed by atoms with Gasteiger partial charge in [0.1, 0.15) is 0 Å². The summed E-state index contributed by atoms with van der Waals surface area (Å²) in [5, 5.41) is 3.11. The Labute approximate surface area is 157 Å². The first kappa shape index (κ1) is 19.0. The number of rotatable bonds is 7. The van der Waals surface area contributed by atoms with E-state index in [2.05, 4.69) is 10.2 Å². The number of benzene rings is 1. The molecule has 0 unspecified atom stereocenters. The zero-order valence-corrected chi connectivity index (χ0v) is 16.1. The first-order chi connectivity index (χ1) is 12.7. The Morgan fingerprint density at radius 3 is 2.73 bits per heavy atom. The summed E-state index contributed by atoms with van der Waals surface area (Å²) in [6.07, 6.45) is 7.81. The maximum Gasteiger partial charge on any atom is 0.220 e. The summed E-state index contributed by atoms with van der Waals surface area (Å²) < 4.78 is 10.6. The van der Waals surface area contributed by atoms with Gasteiger partial charge in [-0.3, -0.25) is 4.79 Å². The number of fused-ring (bicyclic) bond motifs is 1. The molecule has 2 aliphatic heterocycles. The molecule has 1 aromatic rings. The lowest BCUT2D eigenvalue weighted by molar-refractivity contribution is -0.123. The summed E-state index contributed by atoms with van der Waals surface area (Å²) in [5.74, 6) is 2.19. The molecule has 0 aliphatic carbocycles. The lowest BCUT2D eigenvalue weighted by Crippen LogP contribution is -2.49. The maximum atomic E-state index is 12.4. The molecule has 2 heterocycles. The second kappa shape index (κ2) is 9.26. The van der Waals surface area contributed by atoms with E-state index in [4.69, 9.17) is 9.47 Å². The fraction of sp³-hybridized carbons (Fsp3) is 0.667. The standard InChI is InChI=1S/C21H32N2O3/c1-25-19-9-8-16(14-20(19)26-2)10-11-22-21(24)15-17-6-5-13-23-12-4-3-7-18(17)23/h8-9,14,17-18H,3-7,10-13,15H2,1-2H3,(H,22,24)/t17-,18-/m1/s1. The molecule has 144 valence electrons. The number of hydrogen-bond donors (Lipinski definition) is 1. The second-order valence-corrected chi connectivity index (χ2v) is 7.49. The summed E-state index contributed by atoms with van der Waals surface area (Å²) in [7, 11) is 3.28. The van der Waals surface area contributed by atoms with Crippen LogP contribution in [-0.4, -0.2) is 50.7 Å². The van der Waals surface area contributed by atoms with Gasteiger partial charge in [0.2, 0.25) is 5.91 Å². The Kier molecular flexibility index (Phi) is 6.78. The Balaban J connectivity index is 1.45. The minimum atomic E-state index is 0.197. The molecule has 5 heteroatoms. The summed E-state index contributed by atoms with van der Waals surface area (Å²) in [6, 6.07) is 6.55. The predicted octanol–water partition coefficient (Wildman–Crippen LogP) is 3.02. The van der Waals surface area contributed by atoms with Gasteiger partial charge >= 0.3 is 0 Å². The predicted molar refractivity (Wildman–Crippen MR) is 103 cm³/mol. The average Bonchev–Trinajstić information content (AvgIpc) is 2.68. The zero-order valence-electron chi connectivity index (χ0n) is 16.1. The first-order valence-corrected chi connectivity index (χ1v) is 9.93. The molecule has 1 aromatic carbocycles. The van der Waals surface area contributed by atoms with E-state index in [0.717, 1.165) is 23.5 Å². The lowest BCUT2D eigenvalue weighted by atomic mass is 9.81. The third-order valence-electron chi connectivity index (χ3n) is 5.86. The van der Waals surface area contributed by atoms with Crippen molar-refractivity contribution >= 4 is 5.91 Å². The topological polar surface area (TPSA) is 50.8 Å². The van der Waals surface area contributed by atoms with Crippen LogP contribution < -0.4 is 14.8 Å². The number of nitrogens with zero attached hydrogens (tertiary/aromatic N) is 1. The van der Waals surface area contributed by atoms with Gasteiger partial charge in [0.25, 0.3) is 0 Å². The van der Waals surface area contributed by atoms with Crippen LogP contribution in [0.1, 0.15) is 44.1 Å². The molecule has 1 N–H and O–H groups in total. The lowest BCUT2D eigenvalue weighted by Gasteiger charge is -2.44. The van der Waals surface area contributed by atoms with Gasteiger partial charge in [0.05, 0.1) is 14.2 Å². The van der Waals surface area contributed by atoms with Crippen LogP contribution in [0.2, 0.25) is 0 Å². The highest BCUT2D eigenvalue weighted by Crippen LogP contribution is 2.32. The van der Waals surface area contributed by atoms with Crippen LogP contribution in [0.15, 0.2) is 18.2 Å². The monoisotopic (exact) mass is 360 g/mol. The Morgan fingerprint density at radius 2 is 1.92 bits per heavy atom. The van der Waals surface area contributed by atoms with Crippen molar-refractivity contribution in [2.45, 2.75) is 51.0 Å². The SMILES string of the molecule is COc1ccc(CCNC(=O)C[C@H]2CCCN3CCCC[C@H]23)cc1OC. The van der Waals surface area contributed by atoms with Crippen molar-refractivity contribution in [2.75, 3.05) is 33.9 Å². The molecule has 5 nitrogen and oxygen atoms in total. The molecule has 2 atom stereocenters. The van der Waals surface area contributed by atoms with E-state index in [1.165, 1.54) is 45.2 Å². The van der Waals surface area contributed by atoms with Crippen molar-refractivity contribution < 1.29 is 14.3 Å². The van der Waals surface area contributed by atoms with Crippen molar-refractivity contribution in [2.24, 2.45) is 5.92 Å². The smallest absolute Gasteiger partial charge is 0.220 e. The van der Waals surface area contributed by atoms with E-state index in [1.807, 2.05) is 18.2 Å². The number of methoxy groups -OCH3 is 2. The van der Waals surface area contributed by atoms with Crippen molar-refractivity contribution in [3.8, 4) is 11.5 Å². The summed E-state index contributed by atoms with van der Waals surface area (Å²) in [4.78, 5) is 15.0. The largest absolute Gasteiger partial charge is 0.493 e. The molecule has 0 saturated carbocycles. The summed E-state index contributed by atoms with van der Waals surface area (Å²) in [5.41, 5.74) is 1.14. The fourth-order valence-electron chi connectivity index (χ4n) is 4.51. The third kappa shape index (κ3) is 4.70. The van der Waals surface area contributed by atoms with Gasteiger partial charge < -0.3 is 19.7 Å². The quantitative estimate of drug-likeness (QED) is 0.812. The molecule has 26 heavy (non-hydrogen) atoms. The van der Waals surface area contributed by atoms with Crippen LogP contribution in [0.25, 0.3) is 0 Å². The van der Waals surface area contributed by atoms with Gasteiger partial charge in [-0.25, -0.2) is 0 Å². The van der Waals surface area contributed by atoms with Crippen molar-refractivity contribution in [3.05, 3.63) is 23.8 Å². The van der Waals surface area contributed by atoms with Gasteiger partial charge in [0.15, 0.2) is 11.5 Å². The molecule has 2 fully saturated rings. The van der Waals surface area contributed by atoms with E-state index in [-0.39, 0.29) is 5.91 Å². The molecule has 2 aliphatic rings. The summed E-state index contributed by atoms with van der Waals surface area (Å²) >= 11 is 0. The molecule has 0 aromatic heterocycles. The number of ether oxygens (including phenoxy) is 2. The number of amides is 1. The number of piperidine rings is 2. The Hall–Kier alpha value is -1.75. The van der Waals surface area contributed by atoms with Crippen LogP contribution in [0.4, 0.5) is 0 Å². The minimum Gasteiger partial charge on any atom is -0.493 e. The van der Waals surface area contributed by atoms with Gasteiger partial charge in [-0.2, -0.15) is 0 Å². The average molecular weight is 360 g/mol. The van der Waals surface area contributed by atoms with E-state index >= 15 is 0 Å². The molecule has 3 rings (SSSR count). The van der Waals surface area contributed by atoms with Crippen LogP contribution >= 0.6 is 0 Å². The van der Waals surface area contributed by atoms with Gasteiger partial charge in [-0.1, -0.05) is 12.5 Å². The molecule has 1 amide bonds. The zero-order chi connectivity index (χ0) is 18.4.